The molecule has 2 aliphatic heterocycles. The molecular formula is C18H24N4O2. The van der Waals surface area contributed by atoms with Crippen molar-refractivity contribution >= 4 is 0 Å². The van der Waals surface area contributed by atoms with E-state index in [2.05, 4.69) is 33.1 Å². The van der Waals surface area contributed by atoms with E-state index in [9.17, 15) is 0 Å². The summed E-state index contributed by atoms with van der Waals surface area (Å²) in [6.07, 6.45) is 3.14. The lowest BCUT2D eigenvalue weighted by Gasteiger charge is -2.25. The lowest BCUT2D eigenvalue weighted by atomic mass is 9.99. The van der Waals surface area contributed by atoms with Crippen LogP contribution < -0.4 is 14.8 Å². The van der Waals surface area contributed by atoms with Crippen LogP contribution in [-0.2, 0) is 25.9 Å². The molecule has 1 N–H and O–H groups in total. The molecule has 4 rings (SSSR count). The van der Waals surface area contributed by atoms with Gasteiger partial charge in [-0.1, -0.05) is 19.1 Å². The van der Waals surface area contributed by atoms with Gasteiger partial charge in [0, 0.05) is 31.5 Å². The molecular weight excluding hydrogens is 304 g/mol. The molecule has 0 radical (unpaired) electrons. The Labute approximate surface area is 142 Å². The lowest BCUT2D eigenvalue weighted by molar-refractivity contribution is 0.169. The van der Waals surface area contributed by atoms with Crippen molar-refractivity contribution < 1.29 is 9.47 Å². The Hall–Kier alpha value is -2.08. The summed E-state index contributed by atoms with van der Waals surface area (Å²) in [5, 5.41) is 12.2. The summed E-state index contributed by atoms with van der Waals surface area (Å²) >= 11 is 0. The van der Waals surface area contributed by atoms with Crippen LogP contribution in [0.2, 0.25) is 0 Å². The van der Waals surface area contributed by atoms with Crippen molar-refractivity contribution in [2.75, 3.05) is 19.8 Å². The molecule has 3 heterocycles. The van der Waals surface area contributed by atoms with Gasteiger partial charge in [-0.25, -0.2) is 0 Å². The van der Waals surface area contributed by atoms with Crippen LogP contribution in [-0.4, -0.2) is 34.5 Å². The molecule has 2 aliphatic rings. The molecule has 0 saturated carbocycles. The van der Waals surface area contributed by atoms with Gasteiger partial charge in [0.2, 0.25) is 0 Å². The molecule has 1 atom stereocenters. The first-order chi connectivity index (χ1) is 11.8. The minimum absolute atomic E-state index is 0.621. The van der Waals surface area contributed by atoms with E-state index in [4.69, 9.17) is 9.47 Å². The predicted octanol–water partition coefficient (Wildman–Crippen LogP) is 1.96. The highest BCUT2D eigenvalue weighted by Gasteiger charge is 2.22. The molecule has 128 valence electrons. The van der Waals surface area contributed by atoms with E-state index in [-0.39, 0.29) is 0 Å². The number of hydrogen-bond acceptors (Lipinski definition) is 5. The van der Waals surface area contributed by atoms with E-state index >= 15 is 0 Å². The fourth-order valence-corrected chi connectivity index (χ4v) is 3.56. The molecule has 0 bridgehead atoms. The van der Waals surface area contributed by atoms with Crippen LogP contribution in [0.3, 0.4) is 0 Å². The van der Waals surface area contributed by atoms with Gasteiger partial charge < -0.3 is 19.4 Å². The molecule has 0 saturated heterocycles. The monoisotopic (exact) mass is 328 g/mol. The Kier molecular flexibility index (Phi) is 4.38. The number of aromatic nitrogens is 3. The number of aryl methyl sites for hydroxylation is 2. The molecule has 1 aromatic heterocycles. The first kappa shape index (κ1) is 15.4. The summed E-state index contributed by atoms with van der Waals surface area (Å²) in [4.78, 5) is 0. The van der Waals surface area contributed by atoms with Gasteiger partial charge >= 0.3 is 0 Å². The van der Waals surface area contributed by atoms with E-state index in [1.54, 1.807) is 0 Å². The second kappa shape index (κ2) is 6.81. The first-order valence-corrected chi connectivity index (χ1v) is 8.84. The molecule has 6 heteroatoms. The third kappa shape index (κ3) is 2.98. The number of benzene rings is 1. The lowest BCUT2D eigenvalue weighted by Crippen LogP contribution is -2.30. The fraction of sp³-hybridized carbons (Fsp3) is 0.556. The van der Waals surface area contributed by atoms with Crippen molar-refractivity contribution in [3.63, 3.8) is 0 Å². The smallest absolute Gasteiger partial charge is 0.165 e. The van der Waals surface area contributed by atoms with Crippen molar-refractivity contribution in [2.24, 2.45) is 5.92 Å². The number of rotatable bonds is 5. The summed E-state index contributed by atoms with van der Waals surface area (Å²) in [6.45, 7) is 6.21. The number of hydrogen-bond donors (Lipinski definition) is 1. The van der Waals surface area contributed by atoms with Gasteiger partial charge in [0.1, 0.15) is 24.9 Å². The van der Waals surface area contributed by atoms with Crippen LogP contribution >= 0.6 is 0 Å². The number of nitrogens with zero attached hydrogens (tertiary/aromatic N) is 3. The normalized spacial score (nSPS) is 19.1. The number of nitrogens with one attached hydrogen (secondary N) is 1. The molecule has 0 amide bonds. The third-order valence-electron chi connectivity index (χ3n) is 4.83. The fourth-order valence-electron chi connectivity index (χ4n) is 3.56. The van der Waals surface area contributed by atoms with E-state index in [0.717, 1.165) is 55.6 Å². The summed E-state index contributed by atoms with van der Waals surface area (Å²) in [5.41, 5.74) is 1.17. The molecule has 6 nitrogen and oxygen atoms in total. The Bertz CT molecular complexity index is 700. The molecule has 2 aromatic rings. The summed E-state index contributed by atoms with van der Waals surface area (Å²) in [5.74, 6) is 4.63. The SMILES string of the molecule is CCc1nnc2n1CC(CNCc1cccc3c1OCCO3)CC2. The van der Waals surface area contributed by atoms with Crippen LogP contribution in [0.15, 0.2) is 18.2 Å². The molecule has 0 spiro atoms. The average Bonchev–Trinajstić information content (AvgIpc) is 3.04. The molecule has 0 fully saturated rings. The molecule has 1 aromatic carbocycles. The summed E-state index contributed by atoms with van der Waals surface area (Å²) in [6, 6.07) is 6.11. The van der Waals surface area contributed by atoms with E-state index in [1.807, 2.05) is 12.1 Å². The van der Waals surface area contributed by atoms with Crippen molar-refractivity contribution in [1.29, 1.82) is 0 Å². The number of ether oxygens (including phenoxy) is 2. The van der Waals surface area contributed by atoms with Crippen molar-refractivity contribution in [2.45, 2.75) is 39.3 Å². The van der Waals surface area contributed by atoms with Crippen molar-refractivity contribution in [3.8, 4) is 11.5 Å². The van der Waals surface area contributed by atoms with E-state index in [1.165, 1.54) is 12.0 Å². The maximum atomic E-state index is 5.78. The van der Waals surface area contributed by atoms with Gasteiger partial charge in [0.25, 0.3) is 0 Å². The first-order valence-electron chi connectivity index (χ1n) is 8.84. The molecule has 0 aliphatic carbocycles. The third-order valence-corrected chi connectivity index (χ3v) is 4.83. The zero-order chi connectivity index (χ0) is 16.4. The van der Waals surface area contributed by atoms with Gasteiger partial charge in [-0.05, 0) is 24.9 Å². The second-order valence-corrected chi connectivity index (χ2v) is 6.47. The van der Waals surface area contributed by atoms with Crippen molar-refractivity contribution in [3.05, 3.63) is 35.4 Å². The van der Waals surface area contributed by atoms with Crippen LogP contribution in [0.5, 0.6) is 11.5 Å². The number of fused-ring (bicyclic) bond motifs is 2. The highest BCUT2D eigenvalue weighted by Crippen LogP contribution is 2.33. The summed E-state index contributed by atoms with van der Waals surface area (Å²) in [7, 11) is 0. The zero-order valence-electron chi connectivity index (χ0n) is 14.1. The van der Waals surface area contributed by atoms with Crippen LogP contribution in [0.25, 0.3) is 0 Å². The van der Waals surface area contributed by atoms with Gasteiger partial charge in [0.15, 0.2) is 11.5 Å². The maximum Gasteiger partial charge on any atom is 0.165 e. The second-order valence-electron chi connectivity index (χ2n) is 6.47. The molecule has 24 heavy (non-hydrogen) atoms. The topological polar surface area (TPSA) is 61.2 Å². The van der Waals surface area contributed by atoms with E-state index in [0.29, 0.717) is 19.1 Å². The highest BCUT2D eigenvalue weighted by molar-refractivity contribution is 5.47. The van der Waals surface area contributed by atoms with E-state index < -0.39 is 0 Å². The van der Waals surface area contributed by atoms with Gasteiger partial charge in [0.05, 0.1) is 0 Å². The van der Waals surface area contributed by atoms with Gasteiger partial charge in [-0.15, -0.1) is 10.2 Å². The average molecular weight is 328 g/mol. The minimum atomic E-state index is 0.621. The van der Waals surface area contributed by atoms with Gasteiger partial charge in [-0.3, -0.25) is 0 Å². The largest absolute Gasteiger partial charge is 0.486 e. The quantitative estimate of drug-likeness (QED) is 0.909. The zero-order valence-corrected chi connectivity index (χ0v) is 14.1. The number of para-hydroxylation sites is 1. The van der Waals surface area contributed by atoms with Gasteiger partial charge in [-0.2, -0.15) is 0 Å². The molecule has 1 unspecified atom stereocenters. The Balaban J connectivity index is 1.35. The predicted molar refractivity (Wildman–Crippen MR) is 90.3 cm³/mol. The van der Waals surface area contributed by atoms with Crippen LogP contribution in [0.4, 0.5) is 0 Å². The Morgan fingerprint density at radius 3 is 3.08 bits per heavy atom. The summed E-state index contributed by atoms with van der Waals surface area (Å²) < 4.78 is 13.7. The maximum absolute atomic E-state index is 5.78. The van der Waals surface area contributed by atoms with Crippen molar-refractivity contribution in [1.82, 2.24) is 20.1 Å². The standard InChI is InChI=1S/C18H24N4O2/c1-2-16-20-21-17-7-6-13(12-22(16)17)10-19-11-14-4-3-5-15-18(14)24-9-8-23-15/h3-5,13,19H,2,6-12H2,1H3. The van der Waals surface area contributed by atoms with Crippen LogP contribution in [0.1, 0.15) is 30.6 Å². The Morgan fingerprint density at radius 1 is 1.25 bits per heavy atom. The highest BCUT2D eigenvalue weighted by atomic mass is 16.6. The van der Waals surface area contributed by atoms with Crippen LogP contribution in [0, 0.1) is 5.92 Å². The Morgan fingerprint density at radius 2 is 2.17 bits per heavy atom. The minimum Gasteiger partial charge on any atom is -0.486 e.